The molecule has 0 bridgehead atoms. The molecule has 1 spiro atoms. The van der Waals surface area contributed by atoms with E-state index in [4.69, 9.17) is 42.6 Å². The number of aldehydes is 1. The highest BCUT2D eigenvalue weighted by Crippen LogP contribution is 2.55. The monoisotopic (exact) mass is 738 g/mol. The third-order valence-electron chi connectivity index (χ3n) is 13.7. The molecule has 0 radical (unpaired) electrons. The molecule has 52 heavy (non-hydrogen) atoms. The van der Waals surface area contributed by atoms with E-state index in [1.807, 2.05) is 20.8 Å². The Bertz CT molecular complexity index is 1280. The molecule has 0 N–H and O–H groups in total. The Balaban J connectivity index is 1.33. The van der Waals surface area contributed by atoms with Gasteiger partial charge < -0.3 is 42.6 Å². The summed E-state index contributed by atoms with van der Waals surface area (Å²) in [6, 6.07) is 0. The van der Waals surface area contributed by atoms with Crippen LogP contribution in [0.25, 0.3) is 0 Å². The smallest absolute Gasteiger partial charge is 0.311 e. The van der Waals surface area contributed by atoms with Gasteiger partial charge in [0.25, 0.3) is 0 Å². The highest BCUT2D eigenvalue weighted by Gasteiger charge is 2.63. The van der Waals surface area contributed by atoms with Crippen LogP contribution in [0.1, 0.15) is 114 Å². The van der Waals surface area contributed by atoms with Gasteiger partial charge >= 0.3 is 11.9 Å². The van der Waals surface area contributed by atoms with E-state index in [0.29, 0.717) is 19.3 Å². The average Bonchev–Trinajstić information content (AvgIpc) is 3.82. The molecule has 0 aromatic carbocycles. The first-order valence-corrected chi connectivity index (χ1v) is 19.7. The Morgan fingerprint density at radius 1 is 0.962 bits per heavy atom. The van der Waals surface area contributed by atoms with E-state index >= 15 is 0 Å². The lowest BCUT2D eigenvalue weighted by Gasteiger charge is -2.49. The number of methoxy groups -OCH3 is 3. The van der Waals surface area contributed by atoms with Crippen LogP contribution in [0, 0.1) is 35.5 Å². The number of rotatable bonds is 12. The van der Waals surface area contributed by atoms with E-state index in [-0.39, 0.29) is 65.9 Å². The predicted molar refractivity (Wildman–Crippen MR) is 190 cm³/mol. The van der Waals surface area contributed by atoms with Gasteiger partial charge in [-0.3, -0.25) is 14.4 Å². The minimum Gasteiger partial charge on any atom is -0.469 e. The largest absolute Gasteiger partial charge is 0.469 e. The molecule has 5 rings (SSSR count). The summed E-state index contributed by atoms with van der Waals surface area (Å²) in [5.41, 5.74) is -1.17. The Kier molecular flexibility index (Phi) is 12.6. The van der Waals surface area contributed by atoms with Gasteiger partial charge in [0, 0.05) is 51.7 Å². The second-order valence-corrected chi connectivity index (χ2v) is 17.1. The molecule has 17 atom stereocenters. The van der Waals surface area contributed by atoms with Crippen LogP contribution in [0.15, 0.2) is 0 Å². The van der Waals surface area contributed by atoms with Gasteiger partial charge in [-0.2, -0.15) is 0 Å². The number of ether oxygens (including phenoxy) is 9. The standard InChI is InChI=1S/C40H66O12/c1-13-38(35-23(3)19-29(48-35)32-22(2)18-24(4)40(21-41,46-12)51-32)15-14-31(49-38)37(9)16-17-39(52-37)20-30(47-28(8)42)25(5)34(50-39)26(6)33(44-10)27(7)36(43)45-11/h21-27,29-35H,13-20H2,1-12H3/t22-,23-,24+,25+,26-,27-,29+,30-,31+,32-,33+,34-,35+,37-,38-,39+,40-/m0/s1. The van der Waals surface area contributed by atoms with Crippen LogP contribution in [0.5, 0.6) is 0 Å². The molecule has 0 amide bonds. The van der Waals surface area contributed by atoms with E-state index in [1.54, 1.807) is 14.0 Å². The Morgan fingerprint density at radius 3 is 2.27 bits per heavy atom. The van der Waals surface area contributed by atoms with Crippen molar-refractivity contribution in [1.29, 1.82) is 0 Å². The first kappa shape index (κ1) is 41.5. The molecule has 5 fully saturated rings. The highest BCUT2D eigenvalue weighted by molar-refractivity contribution is 5.72. The number of hydrogen-bond donors (Lipinski definition) is 0. The fourth-order valence-corrected chi connectivity index (χ4v) is 10.6. The van der Waals surface area contributed by atoms with Crippen LogP contribution in [0.3, 0.4) is 0 Å². The summed E-state index contributed by atoms with van der Waals surface area (Å²) in [5, 5.41) is 0. The van der Waals surface area contributed by atoms with Crippen molar-refractivity contribution in [3.8, 4) is 0 Å². The van der Waals surface area contributed by atoms with Crippen LogP contribution < -0.4 is 0 Å². The molecule has 5 aliphatic heterocycles. The lowest BCUT2D eigenvalue weighted by molar-refractivity contribution is -0.336. The summed E-state index contributed by atoms with van der Waals surface area (Å²) >= 11 is 0. The van der Waals surface area contributed by atoms with Crippen molar-refractivity contribution in [3.63, 3.8) is 0 Å². The molecule has 12 nitrogen and oxygen atoms in total. The molecular weight excluding hydrogens is 672 g/mol. The highest BCUT2D eigenvalue weighted by atomic mass is 16.7. The molecule has 5 heterocycles. The third kappa shape index (κ3) is 7.48. The van der Waals surface area contributed by atoms with Crippen LogP contribution >= 0.6 is 0 Å². The van der Waals surface area contributed by atoms with Gasteiger partial charge in [0.15, 0.2) is 12.1 Å². The van der Waals surface area contributed by atoms with Crippen molar-refractivity contribution in [3.05, 3.63) is 0 Å². The maximum absolute atomic E-state index is 12.6. The van der Waals surface area contributed by atoms with Gasteiger partial charge in [0.1, 0.15) is 6.10 Å². The topological polar surface area (TPSA) is 134 Å². The molecule has 0 saturated carbocycles. The molecule has 5 saturated heterocycles. The summed E-state index contributed by atoms with van der Waals surface area (Å²) in [7, 11) is 4.50. The maximum atomic E-state index is 12.6. The molecule has 0 aromatic rings. The minimum absolute atomic E-state index is 0.0591. The van der Waals surface area contributed by atoms with Gasteiger partial charge in [-0.15, -0.1) is 0 Å². The second-order valence-electron chi connectivity index (χ2n) is 17.1. The zero-order chi connectivity index (χ0) is 38.4. The van der Waals surface area contributed by atoms with Gasteiger partial charge in [-0.05, 0) is 64.2 Å². The SMILES string of the molecule is CC[C@@]1([C@@H]2O[C@@H]([C@H]3O[C@](C=O)(OC)[C@H](C)C[C@@H]3C)C[C@@H]2C)CC[C@H]([C@]2(C)CC[C@]3(C[C@H](OC(C)=O)[C@@H](C)[C@@H]([C@@H](C)[C@@H](OC)[C@H](C)C(=O)OC)O3)O2)O1. The van der Waals surface area contributed by atoms with Crippen LogP contribution in [-0.4, -0.2) is 105 Å². The Labute approximate surface area is 310 Å². The molecule has 0 aliphatic carbocycles. The van der Waals surface area contributed by atoms with Crippen LogP contribution in [0.4, 0.5) is 0 Å². The van der Waals surface area contributed by atoms with Crippen molar-refractivity contribution in [2.75, 3.05) is 21.3 Å². The number of carbonyl (C=O) groups is 3. The molecule has 5 aliphatic rings. The van der Waals surface area contributed by atoms with Crippen molar-refractivity contribution >= 4 is 18.2 Å². The predicted octanol–water partition coefficient (Wildman–Crippen LogP) is 5.79. The van der Waals surface area contributed by atoms with Crippen molar-refractivity contribution in [1.82, 2.24) is 0 Å². The molecule has 298 valence electrons. The van der Waals surface area contributed by atoms with E-state index in [9.17, 15) is 14.4 Å². The summed E-state index contributed by atoms with van der Waals surface area (Å²) in [6.45, 7) is 17.9. The average molecular weight is 739 g/mol. The van der Waals surface area contributed by atoms with Crippen LogP contribution in [-0.2, 0) is 57.0 Å². The minimum atomic E-state index is -1.27. The molecule has 0 unspecified atom stereocenters. The number of hydrogen-bond acceptors (Lipinski definition) is 12. The lowest BCUT2D eigenvalue weighted by Crippen LogP contribution is -2.57. The number of esters is 2. The first-order chi connectivity index (χ1) is 24.5. The van der Waals surface area contributed by atoms with E-state index in [2.05, 4.69) is 27.7 Å². The molecule has 12 heteroatoms. The Hall–Kier alpha value is -1.67. The quantitative estimate of drug-likeness (QED) is 0.177. The summed E-state index contributed by atoms with van der Waals surface area (Å²) in [6.07, 6.45) is 4.34. The fourth-order valence-electron chi connectivity index (χ4n) is 10.6. The van der Waals surface area contributed by atoms with Crippen molar-refractivity contribution in [2.45, 2.75) is 179 Å². The van der Waals surface area contributed by atoms with E-state index in [0.717, 1.165) is 38.4 Å². The van der Waals surface area contributed by atoms with E-state index < -0.39 is 47.0 Å². The van der Waals surface area contributed by atoms with Crippen molar-refractivity contribution in [2.24, 2.45) is 35.5 Å². The summed E-state index contributed by atoms with van der Waals surface area (Å²) in [4.78, 5) is 37.1. The maximum Gasteiger partial charge on any atom is 0.311 e. The van der Waals surface area contributed by atoms with Gasteiger partial charge in [-0.25, -0.2) is 0 Å². The van der Waals surface area contributed by atoms with Crippen molar-refractivity contribution < 1.29 is 57.0 Å². The zero-order valence-corrected chi connectivity index (χ0v) is 33.6. The fraction of sp³-hybridized carbons (Fsp3) is 0.925. The zero-order valence-electron chi connectivity index (χ0n) is 33.6. The normalized spacial score (nSPS) is 46.8. The molecule has 0 aromatic heterocycles. The summed E-state index contributed by atoms with van der Waals surface area (Å²) < 4.78 is 57.1. The number of carbonyl (C=O) groups excluding carboxylic acids is 3. The third-order valence-corrected chi connectivity index (χ3v) is 13.7. The van der Waals surface area contributed by atoms with Gasteiger partial charge in [-0.1, -0.05) is 41.5 Å². The molecular formula is C40H66O12. The second kappa shape index (κ2) is 15.8. The first-order valence-electron chi connectivity index (χ1n) is 19.7. The Morgan fingerprint density at radius 2 is 1.67 bits per heavy atom. The van der Waals surface area contributed by atoms with Crippen LogP contribution in [0.2, 0.25) is 0 Å². The van der Waals surface area contributed by atoms with E-state index in [1.165, 1.54) is 21.1 Å². The van der Waals surface area contributed by atoms with Gasteiger partial charge in [0.05, 0.1) is 60.9 Å². The summed E-state index contributed by atoms with van der Waals surface area (Å²) in [5.74, 6) is -3.58. The van der Waals surface area contributed by atoms with Gasteiger partial charge in [0.2, 0.25) is 5.79 Å². The lowest BCUT2D eigenvalue weighted by atomic mass is 9.78.